The molecule has 22 heteroatoms. The van der Waals surface area contributed by atoms with Gasteiger partial charge in [-0.2, -0.15) is 4.31 Å². The highest BCUT2D eigenvalue weighted by Crippen LogP contribution is 2.60. The number of benzene rings is 1. The van der Waals surface area contributed by atoms with Gasteiger partial charge in [0.1, 0.15) is 54.6 Å². The Kier molecular flexibility index (Phi) is 10.5. The number of fused-ring (bicyclic) bond motifs is 1. The fourth-order valence-electron chi connectivity index (χ4n) is 4.86. The Balaban J connectivity index is 1.09. The molecule has 2 aliphatic heterocycles. The van der Waals surface area contributed by atoms with Crippen LogP contribution in [-0.4, -0.2) is 118 Å². The molecule has 252 valence electrons. The highest BCUT2D eigenvalue weighted by Gasteiger charge is 2.47. The number of aliphatic hydroxyl groups is 4. The number of nitrogens with two attached hydrogens (primary N) is 1. The lowest BCUT2D eigenvalue weighted by Crippen LogP contribution is -2.40. The number of carbonyl (C=O) groups is 1. The first-order valence-corrected chi connectivity index (χ1v) is 16.7. The third-order valence-electron chi connectivity index (χ3n) is 7.18. The molecule has 0 saturated carbocycles. The number of hydrogen-bond donors (Lipinski definition) is 8. The predicted octanol–water partition coefficient (Wildman–Crippen LogP) is -1.87. The Morgan fingerprint density at radius 2 is 1.50 bits per heavy atom. The first-order valence-electron chi connectivity index (χ1n) is 13.7. The molecule has 1 amide bonds. The van der Waals surface area contributed by atoms with Crippen LogP contribution in [0.5, 0.6) is 0 Å². The lowest BCUT2D eigenvalue weighted by atomic mass is 10.1. The van der Waals surface area contributed by atoms with Crippen molar-refractivity contribution >= 4 is 38.5 Å². The molecule has 20 nitrogen and oxygen atoms in total. The van der Waals surface area contributed by atoms with Gasteiger partial charge >= 0.3 is 15.6 Å². The first kappa shape index (κ1) is 34.4. The molecule has 5 rings (SSSR count). The van der Waals surface area contributed by atoms with E-state index in [2.05, 4.69) is 29.1 Å². The molecular weight excluding hydrogens is 658 g/mol. The SMILES string of the molecule is Nc1ncnc2c1ncn2[C@H]1O[C@@H](COP(=O)(O)OP(=O)(O)OC[C@H]2O[C@@H](CNC(=O)Cc3ccccc3)[C@H](O)[C@@H]2O)[C@H](O)[C@@H]1O. The second-order valence-electron chi connectivity index (χ2n) is 10.4. The van der Waals surface area contributed by atoms with Crippen LogP contribution < -0.4 is 11.1 Å². The van der Waals surface area contributed by atoms with E-state index in [9.17, 15) is 44.1 Å². The number of phosphoric ester groups is 2. The van der Waals surface area contributed by atoms with E-state index < -0.39 is 77.8 Å². The van der Waals surface area contributed by atoms with Crippen LogP contribution in [0.25, 0.3) is 11.2 Å². The average Bonchev–Trinajstić information content (AvgIpc) is 3.64. The van der Waals surface area contributed by atoms with Crippen LogP contribution in [0.3, 0.4) is 0 Å². The molecule has 9 N–H and O–H groups in total. The number of carbonyl (C=O) groups excluding carboxylic acids is 1. The number of nitrogen functional groups attached to an aromatic ring is 1. The number of amides is 1. The number of phosphoric acid groups is 2. The van der Waals surface area contributed by atoms with Crippen LogP contribution in [0.1, 0.15) is 11.8 Å². The quantitative estimate of drug-likeness (QED) is 0.0911. The molecule has 1 aromatic carbocycles. The van der Waals surface area contributed by atoms with E-state index in [-0.39, 0.29) is 35.9 Å². The van der Waals surface area contributed by atoms with Crippen molar-refractivity contribution < 1.29 is 67.0 Å². The Morgan fingerprint density at radius 1 is 0.891 bits per heavy atom. The smallest absolute Gasteiger partial charge is 0.388 e. The second kappa shape index (κ2) is 14.0. The van der Waals surface area contributed by atoms with Crippen molar-refractivity contribution in [2.45, 2.75) is 55.4 Å². The highest BCUT2D eigenvalue weighted by molar-refractivity contribution is 7.61. The molecular formula is C24H32N6O14P2. The van der Waals surface area contributed by atoms with Gasteiger partial charge in [-0.1, -0.05) is 30.3 Å². The van der Waals surface area contributed by atoms with Crippen LogP contribution in [0.2, 0.25) is 0 Å². The standard InChI is InChI=1S/C24H32N6O14P2/c25-22-17-23(28-10-27-22)30(11-29-17)24-21(35)20(34)15(43-24)9-41-46(38,39)44-45(36,37)40-8-14-19(33)18(32)13(42-14)7-26-16(31)6-12-4-2-1-3-5-12/h1-5,10-11,13-15,18-21,24,32-35H,6-9H2,(H,26,31)(H,36,37)(H,38,39)(H2,25,27,28)/t13-,14+,15-,18-,19+,20-,21-,24-/m0/s1. The van der Waals surface area contributed by atoms with E-state index in [1.807, 2.05) is 0 Å². The molecule has 2 saturated heterocycles. The topological polar surface area (TPSA) is 300 Å². The molecule has 2 aromatic heterocycles. The molecule has 2 fully saturated rings. The largest absolute Gasteiger partial charge is 0.481 e. The third kappa shape index (κ3) is 7.95. The molecule has 3 aromatic rings. The number of ether oxygens (including phenoxy) is 2. The second-order valence-corrected chi connectivity index (χ2v) is 13.4. The normalized spacial score (nSPS) is 30.7. The summed E-state index contributed by atoms with van der Waals surface area (Å²) in [5, 5.41) is 44.1. The van der Waals surface area contributed by atoms with E-state index in [4.69, 9.17) is 19.7 Å². The zero-order chi connectivity index (χ0) is 33.2. The fraction of sp³-hybridized carbons (Fsp3) is 0.500. The molecule has 0 bridgehead atoms. The summed E-state index contributed by atoms with van der Waals surface area (Å²) in [7, 11) is -10.7. The van der Waals surface area contributed by atoms with Crippen molar-refractivity contribution in [1.82, 2.24) is 24.8 Å². The molecule has 4 heterocycles. The Morgan fingerprint density at radius 3 is 2.17 bits per heavy atom. The van der Waals surface area contributed by atoms with E-state index in [0.717, 1.165) is 11.9 Å². The molecule has 0 aliphatic carbocycles. The van der Waals surface area contributed by atoms with Gasteiger partial charge in [0.2, 0.25) is 5.91 Å². The van der Waals surface area contributed by atoms with Crippen LogP contribution in [-0.2, 0) is 43.2 Å². The predicted molar refractivity (Wildman–Crippen MR) is 152 cm³/mol. The number of rotatable bonds is 13. The Bertz CT molecular complexity index is 1620. The molecule has 0 radical (unpaired) electrons. The van der Waals surface area contributed by atoms with E-state index in [0.29, 0.717) is 0 Å². The summed E-state index contributed by atoms with van der Waals surface area (Å²) in [4.78, 5) is 44.1. The summed E-state index contributed by atoms with van der Waals surface area (Å²) in [5.74, 6) is -0.322. The van der Waals surface area contributed by atoms with E-state index in [1.165, 1.54) is 10.9 Å². The first-order chi connectivity index (χ1) is 21.7. The molecule has 0 spiro atoms. The van der Waals surface area contributed by atoms with Gasteiger partial charge < -0.3 is 50.7 Å². The van der Waals surface area contributed by atoms with E-state index in [1.54, 1.807) is 30.3 Å². The number of anilines is 1. The summed E-state index contributed by atoms with van der Waals surface area (Å²) < 4.78 is 50.8. The summed E-state index contributed by atoms with van der Waals surface area (Å²) in [6.07, 6.45) is -9.08. The van der Waals surface area contributed by atoms with Crippen LogP contribution in [0.4, 0.5) is 5.82 Å². The van der Waals surface area contributed by atoms with Gasteiger partial charge in [0, 0.05) is 6.54 Å². The monoisotopic (exact) mass is 690 g/mol. The average molecular weight is 690 g/mol. The van der Waals surface area contributed by atoms with Gasteiger partial charge in [-0.25, -0.2) is 24.1 Å². The van der Waals surface area contributed by atoms with Gasteiger partial charge in [-0.05, 0) is 5.56 Å². The van der Waals surface area contributed by atoms with Crippen molar-refractivity contribution in [2.75, 3.05) is 25.5 Å². The maximum absolute atomic E-state index is 12.4. The van der Waals surface area contributed by atoms with Gasteiger partial charge in [-0.15, -0.1) is 0 Å². The van der Waals surface area contributed by atoms with Crippen molar-refractivity contribution in [3.63, 3.8) is 0 Å². The van der Waals surface area contributed by atoms with Crippen molar-refractivity contribution in [2.24, 2.45) is 0 Å². The lowest BCUT2D eigenvalue weighted by Gasteiger charge is -2.20. The number of imidazole rings is 1. The highest BCUT2D eigenvalue weighted by atomic mass is 31.3. The van der Waals surface area contributed by atoms with Crippen LogP contribution in [0, 0.1) is 0 Å². The molecule has 2 unspecified atom stereocenters. The van der Waals surface area contributed by atoms with Crippen molar-refractivity contribution in [1.29, 1.82) is 0 Å². The van der Waals surface area contributed by atoms with Crippen molar-refractivity contribution in [3.05, 3.63) is 48.5 Å². The zero-order valence-electron chi connectivity index (χ0n) is 23.7. The van der Waals surface area contributed by atoms with Gasteiger partial charge in [0.25, 0.3) is 0 Å². The minimum Gasteiger partial charge on any atom is -0.388 e. The fourth-order valence-corrected chi connectivity index (χ4v) is 6.95. The van der Waals surface area contributed by atoms with Crippen LogP contribution >= 0.6 is 15.6 Å². The summed E-state index contributed by atoms with van der Waals surface area (Å²) in [5.41, 5.74) is 6.87. The maximum atomic E-state index is 12.4. The third-order valence-corrected chi connectivity index (χ3v) is 9.78. The minimum absolute atomic E-state index is 0.0544. The zero-order valence-corrected chi connectivity index (χ0v) is 25.5. The summed E-state index contributed by atoms with van der Waals surface area (Å²) in [6, 6.07) is 8.85. The minimum atomic E-state index is -5.36. The Hall–Kier alpha value is -2.94. The van der Waals surface area contributed by atoms with Gasteiger partial charge in [-0.3, -0.25) is 18.4 Å². The number of nitrogens with one attached hydrogen (secondary N) is 1. The number of hydrogen-bond acceptors (Lipinski definition) is 16. The van der Waals surface area contributed by atoms with Crippen LogP contribution in [0.15, 0.2) is 43.0 Å². The molecule has 2 aliphatic rings. The van der Waals surface area contributed by atoms with Crippen molar-refractivity contribution in [3.8, 4) is 0 Å². The summed E-state index contributed by atoms with van der Waals surface area (Å²) >= 11 is 0. The maximum Gasteiger partial charge on any atom is 0.481 e. The molecule has 10 atom stereocenters. The van der Waals surface area contributed by atoms with Gasteiger partial charge in [0.15, 0.2) is 17.7 Å². The summed E-state index contributed by atoms with van der Waals surface area (Å²) in [6.45, 7) is -1.96. The lowest BCUT2D eigenvalue weighted by molar-refractivity contribution is -0.121. The van der Waals surface area contributed by atoms with E-state index >= 15 is 0 Å². The molecule has 46 heavy (non-hydrogen) atoms. The number of nitrogens with zero attached hydrogens (tertiary/aromatic N) is 4. The number of aliphatic hydroxyl groups excluding tert-OH is 4. The Labute approximate surface area is 259 Å². The number of aromatic nitrogens is 4. The van der Waals surface area contributed by atoms with Gasteiger partial charge in [0.05, 0.1) is 26.0 Å².